The number of hydrogen-bond acceptors (Lipinski definition) is 2. The summed E-state index contributed by atoms with van der Waals surface area (Å²) in [6, 6.07) is 0. The van der Waals surface area contributed by atoms with Crippen molar-refractivity contribution in [3.8, 4) is 12.3 Å². The summed E-state index contributed by atoms with van der Waals surface area (Å²) >= 11 is 2.05. The first-order valence-electron chi connectivity index (χ1n) is 5.36. The van der Waals surface area contributed by atoms with Crippen LogP contribution in [-0.4, -0.2) is 37.1 Å². The van der Waals surface area contributed by atoms with E-state index >= 15 is 0 Å². The number of thioether (sulfide) groups is 1. The lowest BCUT2D eigenvalue weighted by molar-refractivity contribution is 0.727. The van der Waals surface area contributed by atoms with E-state index in [2.05, 4.69) is 21.5 Å². The zero-order valence-electron chi connectivity index (χ0n) is 9.25. The van der Waals surface area contributed by atoms with E-state index < -0.39 is 0 Å². The van der Waals surface area contributed by atoms with E-state index in [9.17, 15) is 0 Å². The van der Waals surface area contributed by atoms with Gasteiger partial charge in [-0.2, -0.15) is 11.8 Å². The molecule has 0 amide bonds. The summed E-state index contributed by atoms with van der Waals surface area (Å²) in [6.07, 6.45) is 8.58. The van der Waals surface area contributed by atoms with Crippen LogP contribution in [0, 0.1) is 12.3 Å². The molecule has 2 N–H and O–H groups in total. The third-order valence-corrected chi connectivity index (χ3v) is 3.70. The fourth-order valence-electron chi connectivity index (χ4n) is 1.49. The molecular weight excluding hydrogens is 206 g/mol. The molecule has 0 radical (unpaired) electrons. The monoisotopic (exact) mass is 225 g/mol. The summed E-state index contributed by atoms with van der Waals surface area (Å²) in [4.78, 5) is 4.14. The molecule has 0 aromatic heterocycles. The molecule has 0 aliphatic carbocycles. The third kappa shape index (κ3) is 4.98. The van der Waals surface area contributed by atoms with Crippen LogP contribution in [-0.2, 0) is 0 Å². The van der Waals surface area contributed by atoms with Crippen LogP contribution >= 0.6 is 11.8 Å². The van der Waals surface area contributed by atoms with Gasteiger partial charge in [-0.25, -0.2) is 0 Å². The first kappa shape index (κ1) is 12.3. The normalized spacial score (nSPS) is 21.1. The van der Waals surface area contributed by atoms with Crippen LogP contribution in [0.15, 0.2) is 4.99 Å². The summed E-state index contributed by atoms with van der Waals surface area (Å²) in [5.41, 5.74) is 0. The molecule has 0 spiro atoms. The van der Waals surface area contributed by atoms with Gasteiger partial charge in [0, 0.05) is 31.8 Å². The Balaban J connectivity index is 2.13. The molecule has 1 unspecified atom stereocenters. The van der Waals surface area contributed by atoms with Crippen molar-refractivity contribution in [2.75, 3.05) is 25.9 Å². The minimum Gasteiger partial charge on any atom is -0.355 e. The average molecular weight is 225 g/mol. The molecule has 1 aliphatic heterocycles. The van der Waals surface area contributed by atoms with Gasteiger partial charge >= 0.3 is 0 Å². The predicted octanol–water partition coefficient (Wildman–Crippen LogP) is 1.07. The molecule has 0 bridgehead atoms. The molecule has 1 saturated heterocycles. The topological polar surface area (TPSA) is 36.4 Å². The molecular formula is C11H19N3S. The first-order valence-corrected chi connectivity index (χ1v) is 6.41. The Hall–Kier alpha value is -0.820. The van der Waals surface area contributed by atoms with Crippen LogP contribution in [0.2, 0.25) is 0 Å². The maximum absolute atomic E-state index is 5.18. The highest BCUT2D eigenvalue weighted by molar-refractivity contribution is 8.00. The smallest absolute Gasteiger partial charge is 0.191 e. The van der Waals surface area contributed by atoms with Crippen LogP contribution in [0.5, 0.6) is 0 Å². The van der Waals surface area contributed by atoms with Crippen molar-refractivity contribution in [3.05, 3.63) is 0 Å². The lowest BCUT2D eigenvalue weighted by atomic mass is 10.2. The molecule has 1 rings (SSSR count). The number of rotatable bonds is 4. The van der Waals surface area contributed by atoms with Crippen LogP contribution in [0.1, 0.15) is 19.3 Å². The zero-order chi connectivity index (χ0) is 10.9. The number of guanidine groups is 1. The Labute approximate surface area is 96.5 Å². The first-order chi connectivity index (χ1) is 7.36. The molecule has 1 aliphatic rings. The molecule has 1 heterocycles. The van der Waals surface area contributed by atoms with Gasteiger partial charge in [0.15, 0.2) is 5.96 Å². The van der Waals surface area contributed by atoms with E-state index in [1.807, 2.05) is 11.8 Å². The van der Waals surface area contributed by atoms with E-state index in [4.69, 9.17) is 6.42 Å². The summed E-state index contributed by atoms with van der Waals surface area (Å²) in [6.45, 7) is 1.79. The highest BCUT2D eigenvalue weighted by Gasteiger charge is 2.15. The van der Waals surface area contributed by atoms with Gasteiger partial charge in [-0.05, 0) is 18.6 Å². The van der Waals surface area contributed by atoms with E-state index in [0.717, 1.165) is 30.7 Å². The Bertz CT molecular complexity index is 239. The molecule has 3 nitrogen and oxygen atoms in total. The van der Waals surface area contributed by atoms with E-state index in [1.165, 1.54) is 18.6 Å². The summed E-state index contributed by atoms with van der Waals surface area (Å²) in [5.74, 6) is 4.76. The Kier molecular flexibility index (Phi) is 6.10. The van der Waals surface area contributed by atoms with Crippen molar-refractivity contribution >= 4 is 17.7 Å². The quantitative estimate of drug-likeness (QED) is 0.325. The van der Waals surface area contributed by atoms with Gasteiger partial charge in [0.2, 0.25) is 0 Å². The molecule has 15 heavy (non-hydrogen) atoms. The number of nitrogens with zero attached hydrogens (tertiary/aromatic N) is 1. The Morgan fingerprint density at radius 2 is 2.47 bits per heavy atom. The fraction of sp³-hybridized carbons (Fsp3) is 0.727. The van der Waals surface area contributed by atoms with Crippen molar-refractivity contribution in [2.24, 2.45) is 4.99 Å². The maximum Gasteiger partial charge on any atom is 0.191 e. The van der Waals surface area contributed by atoms with Crippen molar-refractivity contribution < 1.29 is 0 Å². The second kappa shape index (κ2) is 7.47. The van der Waals surface area contributed by atoms with Gasteiger partial charge in [-0.3, -0.25) is 4.99 Å². The minimum absolute atomic E-state index is 0.735. The summed E-state index contributed by atoms with van der Waals surface area (Å²) in [5, 5.41) is 7.25. The standard InChI is InChI=1S/C11H19N3S/c1-3-4-7-13-11(12-2)14-9-10-6-5-8-15-10/h1,10H,4-9H2,2H3,(H2,12,13,14). The number of aliphatic imine (C=N–C) groups is 1. The van der Waals surface area contributed by atoms with E-state index in [0.29, 0.717) is 0 Å². The van der Waals surface area contributed by atoms with Gasteiger partial charge in [0.25, 0.3) is 0 Å². The summed E-state index contributed by atoms with van der Waals surface area (Å²) in [7, 11) is 1.78. The van der Waals surface area contributed by atoms with Crippen molar-refractivity contribution in [1.29, 1.82) is 0 Å². The summed E-state index contributed by atoms with van der Waals surface area (Å²) < 4.78 is 0. The molecule has 0 saturated carbocycles. The number of hydrogen-bond donors (Lipinski definition) is 2. The van der Waals surface area contributed by atoms with Crippen LogP contribution in [0.3, 0.4) is 0 Å². The van der Waals surface area contributed by atoms with Gasteiger partial charge in [-0.1, -0.05) is 0 Å². The van der Waals surface area contributed by atoms with Gasteiger partial charge in [0.05, 0.1) is 0 Å². The molecule has 4 heteroatoms. The second-order valence-corrected chi connectivity index (χ2v) is 4.88. The largest absolute Gasteiger partial charge is 0.355 e. The van der Waals surface area contributed by atoms with Crippen LogP contribution < -0.4 is 10.6 Å². The lowest BCUT2D eigenvalue weighted by Gasteiger charge is -2.13. The lowest BCUT2D eigenvalue weighted by Crippen LogP contribution is -2.40. The molecule has 0 aromatic carbocycles. The van der Waals surface area contributed by atoms with Crippen molar-refractivity contribution in [1.82, 2.24) is 10.6 Å². The second-order valence-electron chi connectivity index (χ2n) is 3.47. The van der Waals surface area contributed by atoms with Crippen LogP contribution in [0.4, 0.5) is 0 Å². The van der Waals surface area contributed by atoms with Gasteiger partial charge in [-0.15, -0.1) is 12.3 Å². The third-order valence-electron chi connectivity index (χ3n) is 2.31. The highest BCUT2D eigenvalue weighted by atomic mass is 32.2. The maximum atomic E-state index is 5.18. The van der Waals surface area contributed by atoms with Gasteiger partial charge in [0.1, 0.15) is 0 Å². The zero-order valence-corrected chi connectivity index (χ0v) is 10.1. The molecule has 1 fully saturated rings. The predicted molar refractivity (Wildman–Crippen MR) is 68.3 cm³/mol. The van der Waals surface area contributed by atoms with Crippen molar-refractivity contribution in [2.45, 2.75) is 24.5 Å². The SMILES string of the molecule is C#CCCNC(=NC)NCC1CCCS1. The Morgan fingerprint density at radius 3 is 3.07 bits per heavy atom. The molecule has 84 valence electrons. The molecule has 1 atom stereocenters. The fourth-order valence-corrected chi connectivity index (χ4v) is 2.69. The number of terminal acetylenes is 1. The van der Waals surface area contributed by atoms with E-state index in [1.54, 1.807) is 7.05 Å². The van der Waals surface area contributed by atoms with Crippen LogP contribution in [0.25, 0.3) is 0 Å². The molecule has 0 aromatic rings. The average Bonchev–Trinajstić information content (AvgIpc) is 2.76. The number of nitrogens with one attached hydrogen (secondary N) is 2. The Morgan fingerprint density at radius 1 is 1.60 bits per heavy atom. The highest BCUT2D eigenvalue weighted by Crippen LogP contribution is 2.25. The van der Waals surface area contributed by atoms with Gasteiger partial charge < -0.3 is 10.6 Å². The van der Waals surface area contributed by atoms with E-state index in [-0.39, 0.29) is 0 Å². The van der Waals surface area contributed by atoms with Crippen molar-refractivity contribution in [3.63, 3.8) is 0 Å². The minimum atomic E-state index is 0.735.